The summed E-state index contributed by atoms with van der Waals surface area (Å²) in [6, 6.07) is 15.0. The monoisotopic (exact) mass is 472 g/mol. The first-order valence-corrected chi connectivity index (χ1v) is 12.0. The Morgan fingerprint density at radius 3 is 1.62 bits per heavy atom. The van der Waals surface area contributed by atoms with Crippen molar-refractivity contribution in [1.29, 1.82) is 0 Å². The van der Waals surface area contributed by atoms with Crippen molar-refractivity contribution >= 4 is 0 Å². The van der Waals surface area contributed by atoms with Gasteiger partial charge in [0.05, 0.1) is 6.61 Å². The number of hydrogen-bond acceptors (Lipinski definition) is 6. The van der Waals surface area contributed by atoms with Gasteiger partial charge in [0, 0.05) is 12.8 Å². The highest BCUT2D eigenvalue weighted by Gasteiger charge is 2.53. The van der Waals surface area contributed by atoms with Gasteiger partial charge in [0.25, 0.3) is 0 Å². The lowest BCUT2D eigenvalue weighted by Gasteiger charge is -2.46. The average molecular weight is 473 g/mol. The van der Waals surface area contributed by atoms with Crippen molar-refractivity contribution < 1.29 is 30.6 Å². The Balaban J connectivity index is 2.48. The Labute approximate surface area is 202 Å². The molecule has 0 aliphatic heterocycles. The summed E-state index contributed by atoms with van der Waals surface area (Å²) in [5.74, 6) is 0. The Morgan fingerprint density at radius 1 is 0.765 bits per heavy atom. The highest BCUT2D eigenvalue weighted by Crippen LogP contribution is 2.35. The van der Waals surface area contributed by atoms with E-state index >= 15 is 0 Å². The van der Waals surface area contributed by atoms with E-state index in [1.54, 1.807) is 31.2 Å². The maximum Gasteiger partial charge on any atom is 0.126 e. The summed E-state index contributed by atoms with van der Waals surface area (Å²) in [5.41, 5.74) is -0.596. The number of rotatable bonds is 13. The standard InChI is InChI=1S/C28H40O6/c1-4-7-16-27(33,17-22-12-8-20(5-2)9-13-22)26(32)28(34,25(31)24(30)19-29)18-23-14-10-21(6-3)11-15-23/h4,7-15,24-26,29-34H,5-6,16-19H2,1-3H3/b7-4+/t24-,25+,26+,27?,28+/m0/s1. The fraction of sp³-hybridized carbons (Fsp3) is 0.500. The molecule has 6 N–H and O–H groups in total. The van der Waals surface area contributed by atoms with Crippen molar-refractivity contribution in [1.82, 2.24) is 0 Å². The summed E-state index contributed by atoms with van der Waals surface area (Å²) >= 11 is 0. The quantitative estimate of drug-likeness (QED) is 0.248. The van der Waals surface area contributed by atoms with Gasteiger partial charge >= 0.3 is 0 Å². The van der Waals surface area contributed by atoms with Gasteiger partial charge in [-0.1, -0.05) is 74.5 Å². The van der Waals surface area contributed by atoms with Crippen molar-refractivity contribution in [3.8, 4) is 0 Å². The molecule has 0 saturated carbocycles. The molecule has 2 rings (SSSR count). The van der Waals surface area contributed by atoms with Crippen LogP contribution >= 0.6 is 0 Å². The highest BCUT2D eigenvalue weighted by atomic mass is 16.4. The molecule has 2 aromatic rings. The zero-order valence-corrected chi connectivity index (χ0v) is 20.4. The first kappa shape index (κ1) is 28.2. The molecule has 0 radical (unpaired) electrons. The van der Waals surface area contributed by atoms with Crippen LogP contribution in [0.3, 0.4) is 0 Å². The summed E-state index contributed by atoms with van der Waals surface area (Å²) in [7, 11) is 0. The highest BCUT2D eigenvalue weighted by molar-refractivity contribution is 5.28. The van der Waals surface area contributed by atoms with Gasteiger partial charge < -0.3 is 30.6 Å². The lowest BCUT2D eigenvalue weighted by molar-refractivity contribution is -0.228. The van der Waals surface area contributed by atoms with Gasteiger partial charge in [-0.15, -0.1) is 0 Å². The Kier molecular flexibility index (Phi) is 10.4. The molecule has 34 heavy (non-hydrogen) atoms. The zero-order valence-electron chi connectivity index (χ0n) is 20.4. The fourth-order valence-electron chi connectivity index (χ4n) is 4.33. The van der Waals surface area contributed by atoms with Gasteiger partial charge in [-0.25, -0.2) is 0 Å². The molecule has 0 fully saturated rings. The normalized spacial score (nSPS) is 18.3. The number of aryl methyl sites for hydroxylation is 2. The van der Waals surface area contributed by atoms with Crippen LogP contribution in [0.4, 0.5) is 0 Å². The van der Waals surface area contributed by atoms with Crippen molar-refractivity contribution in [2.24, 2.45) is 0 Å². The van der Waals surface area contributed by atoms with E-state index in [4.69, 9.17) is 0 Å². The molecular formula is C28H40O6. The van der Waals surface area contributed by atoms with E-state index in [0.29, 0.717) is 5.56 Å². The van der Waals surface area contributed by atoms with Crippen LogP contribution in [0.5, 0.6) is 0 Å². The number of allylic oxidation sites excluding steroid dienone is 1. The number of benzene rings is 2. The lowest BCUT2D eigenvalue weighted by atomic mass is 9.71. The summed E-state index contributed by atoms with van der Waals surface area (Å²) in [6.07, 6.45) is -0.531. The minimum absolute atomic E-state index is 0.0131. The molecule has 6 nitrogen and oxygen atoms in total. The van der Waals surface area contributed by atoms with Crippen molar-refractivity contribution in [3.63, 3.8) is 0 Å². The maximum absolute atomic E-state index is 11.7. The number of aliphatic hydroxyl groups excluding tert-OH is 4. The third-order valence-corrected chi connectivity index (χ3v) is 6.61. The van der Waals surface area contributed by atoms with Crippen LogP contribution in [0.25, 0.3) is 0 Å². The van der Waals surface area contributed by atoms with E-state index in [1.807, 2.05) is 50.2 Å². The Bertz CT molecular complexity index is 894. The molecule has 0 bridgehead atoms. The largest absolute Gasteiger partial charge is 0.394 e. The summed E-state index contributed by atoms with van der Waals surface area (Å²) in [6.45, 7) is 5.04. The summed E-state index contributed by atoms with van der Waals surface area (Å²) in [4.78, 5) is 0. The van der Waals surface area contributed by atoms with Crippen LogP contribution in [0.1, 0.15) is 49.4 Å². The molecule has 0 aliphatic carbocycles. The molecule has 0 spiro atoms. The zero-order chi connectivity index (χ0) is 25.4. The molecule has 0 saturated heterocycles. The molecule has 0 aromatic heterocycles. The molecule has 6 heteroatoms. The summed E-state index contributed by atoms with van der Waals surface area (Å²) in [5, 5.41) is 65.3. The first-order valence-electron chi connectivity index (χ1n) is 12.0. The second-order valence-corrected chi connectivity index (χ2v) is 9.16. The van der Waals surface area contributed by atoms with Crippen molar-refractivity contribution in [2.75, 3.05) is 6.61 Å². The molecule has 2 aromatic carbocycles. The van der Waals surface area contributed by atoms with Gasteiger partial charge in [-0.3, -0.25) is 0 Å². The molecule has 5 atom stereocenters. The minimum atomic E-state index is -2.34. The molecule has 0 amide bonds. The van der Waals surface area contributed by atoms with E-state index in [9.17, 15) is 30.6 Å². The van der Waals surface area contributed by atoms with Crippen LogP contribution in [0, 0.1) is 0 Å². The Morgan fingerprint density at radius 2 is 1.21 bits per heavy atom. The van der Waals surface area contributed by atoms with E-state index in [2.05, 4.69) is 0 Å². The van der Waals surface area contributed by atoms with E-state index in [-0.39, 0.29) is 19.3 Å². The van der Waals surface area contributed by atoms with Crippen LogP contribution in [-0.2, 0) is 25.7 Å². The lowest BCUT2D eigenvalue weighted by Crippen LogP contribution is -2.66. The predicted octanol–water partition coefficient (Wildman–Crippen LogP) is 2.10. The minimum Gasteiger partial charge on any atom is -0.394 e. The molecule has 188 valence electrons. The van der Waals surface area contributed by atoms with Crippen LogP contribution in [-0.4, -0.2) is 66.8 Å². The second-order valence-electron chi connectivity index (χ2n) is 9.16. The third-order valence-electron chi connectivity index (χ3n) is 6.61. The second kappa shape index (κ2) is 12.6. The first-order chi connectivity index (χ1) is 16.1. The summed E-state index contributed by atoms with van der Waals surface area (Å²) < 4.78 is 0. The predicted molar refractivity (Wildman–Crippen MR) is 133 cm³/mol. The Hall–Kier alpha value is -2.06. The van der Waals surface area contributed by atoms with Gasteiger partial charge in [0.15, 0.2) is 0 Å². The SMILES string of the molecule is C/C=C/CC(O)(Cc1ccc(CC)cc1)[C@@H](O)[C@@](O)(Cc1ccc(CC)cc1)[C@H](O)[C@@H](O)CO. The van der Waals surface area contributed by atoms with E-state index < -0.39 is 36.1 Å². The average Bonchev–Trinajstić information content (AvgIpc) is 2.86. The van der Waals surface area contributed by atoms with Crippen LogP contribution in [0.2, 0.25) is 0 Å². The van der Waals surface area contributed by atoms with Gasteiger partial charge in [-0.2, -0.15) is 0 Å². The molecule has 0 heterocycles. The fourth-order valence-corrected chi connectivity index (χ4v) is 4.33. The third kappa shape index (κ3) is 6.75. The number of hydrogen-bond donors (Lipinski definition) is 6. The molecule has 1 unspecified atom stereocenters. The van der Waals surface area contributed by atoms with E-state index in [0.717, 1.165) is 29.5 Å². The van der Waals surface area contributed by atoms with Crippen molar-refractivity contribution in [2.45, 2.75) is 82.4 Å². The maximum atomic E-state index is 11.7. The van der Waals surface area contributed by atoms with Gasteiger partial charge in [-0.05, 0) is 48.4 Å². The smallest absolute Gasteiger partial charge is 0.126 e. The topological polar surface area (TPSA) is 121 Å². The van der Waals surface area contributed by atoms with Gasteiger partial charge in [0.2, 0.25) is 0 Å². The van der Waals surface area contributed by atoms with Crippen LogP contribution < -0.4 is 0 Å². The van der Waals surface area contributed by atoms with Crippen LogP contribution in [0.15, 0.2) is 60.7 Å². The molecular weight excluding hydrogens is 432 g/mol. The van der Waals surface area contributed by atoms with Crippen molar-refractivity contribution in [3.05, 3.63) is 82.9 Å². The number of aliphatic hydroxyl groups is 6. The molecule has 0 aliphatic rings. The van der Waals surface area contributed by atoms with Gasteiger partial charge in [0.1, 0.15) is 29.5 Å². The van der Waals surface area contributed by atoms with E-state index in [1.165, 1.54) is 0 Å².